The maximum atomic E-state index is 13.6. The van der Waals surface area contributed by atoms with Crippen LogP contribution in [-0.2, 0) is 10.0 Å². The van der Waals surface area contributed by atoms with E-state index in [0.29, 0.717) is 25.0 Å². The first kappa shape index (κ1) is 14.8. The maximum Gasteiger partial charge on any atom is 0.335 e. The number of sulfonamides is 1. The Morgan fingerprint density at radius 3 is 2.40 bits per heavy atom. The number of carbonyl (C=O) groups is 1. The van der Waals surface area contributed by atoms with Crippen LogP contribution >= 0.6 is 0 Å². The van der Waals surface area contributed by atoms with Gasteiger partial charge >= 0.3 is 5.97 Å². The molecule has 0 spiro atoms. The summed E-state index contributed by atoms with van der Waals surface area (Å²) in [5.74, 6) is -4.81. The van der Waals surface area contributed by atoms with E-state index in [1.54, 1.807) is 0 Å². The molecule has 0 saturated heterocycles. The molecule has 20 heavy (non-hydrogen) atoms. The van der Waals surface area contributed by atoms with Gasteiger partial charge in [-0.25, -0.2) is 26.7 Å². The summed E-state index contributed by atoms with van der Waals surface area (Å²) in [5, 5.41) is 17.8. The summed E-state index contributed by atoms with van der Waals surface area (Å²) < 4.78 is 52.9. The van der Waals surface area contributed by atoms with E-state index >= 15 is 0 Å². The van der Waals surface area contributed by atoms with Gasteiger partial charge in [0.15, 0.2) is 11.6 Å². The molecule has 0 aromatic heterocycles. The lowest BCUT2D eigenvalue weighted by Crippen LogP contribution is -2.40. The van der Waals surface area contributed by atoms with E-state index in [1.807, 2.05) is 0 Å². The number of hydrogen-bond donors (Lipinski definition) is 3. The van der Waals surface area contributed by atoms with Gasteiger partial charge in [-0.1, -0.05) is 0 Å². The van der Waals surface area contributed by atoms with Crippen molar-refractivity contribution < 1.29 is 32.2 Å². The molecule has 0 radical (unpaired) electrons. The van der Waals surface area contributed by atoms with Gasteiger partial charge in [0.2, 0.25) is 10.0 Å². The van der Waals surface area contributed by atoms with Gasteiger partial charge in [0.25, 0.3) is 0 Å². The molecule has 1 fully saturated rings. The molecule has 110 valence electrons. The third kappa shape index (κ3) is 2.65. The third-order valence-corrected chi connectivity index (χ3v) is 4.62. The second-order valence-electron chi connectivity index (χ2n) is 4.62. The molecular weight excluding hydrogens is 296 g/mol. The standard InChI is InChI=1S/C11H11F2NO5S/c12-7-3-6(10(16)17)4-8(9(7)13)20(18,19)14-11(5-15)1-2-11/h3-4,14-15H,1-2,5H2,(H,16,17). The van der Waals surface area contributed by atoms with Crippen LogP contribution in [0.3, 0.4) is 0 Å². The summed E-state index contributed by atoms with van der Waals surface area (Å²) in [6.45, 7) is -0.477. The quantitative estimate of drug-likeness (QED) is 0.733. The Hall–Kier alpha value is -1.58. The highest BCUT2D eigenvalue weighted by Crippen LogP contribution is 2.36. The normalized spacial score (nSPS) is 16.9. The van der Waals surface area contributed by atoms with E-state index in [2.05, 4.69) is 4.72 Å². The zero-order valence-electron chi connectivity index (χ0n) is 10.1. The predicted octanol–water partition coefficient (Wildman–Crippen LogP) is 0.466. The van der Waals surface area contributed by atoms with Crippen molar-refractivity contribution in [1.29, 1.82) is 0 Å². The van der Waals surface area contributed by atoms with E-state index < -0.39 is 50.2 Å². The number of hydrogen-bond acceptors (Lipinski definition) is 4. The Morgan fingerprint density at radius 2 is 1.95 bits per heavy atom. The Kier molecular flexibility index (Phi) is 3.53. The number of aliphatic hydroxyl groups is 1. The van der Waals surface area contributed by atoms with Crippen LogP contribution in [0.2, 0.25) is 0 Å². The van der Waals surface area contributed by atoms with Gasteiger partial charge in [-0.3, -0.25) is 0 Å². The molecule has 9 heteroatoms. The maximum absolute atomic E-state index is 13.6. The fourth-order valence-corrected chi connectivity index (χ4v) is 3.23. The molecule has 1 saturated carbocycles. The Bertz CT molecular complexity index is 670. The molecule has 1 aromatic carbocycles. The zero-order valence-corrected chi connectivity index (χ0v) is 10.9. The number of benzene rings is 1. The smallest absolute Gasteiger partial charge is 0.335 e. The average molecular weight is 307 g/mol. The minimum atomic E-state index is -4.47. The molecule has 6 nitrogen and oxygen atoms in total. The third-order valence-electron chi connectivity index (χ3n) is 3.04. The number of halogens is 2. The predicted molar refractivity (Wildman–Crippen MR) is 62.7 cm³/mol. The largest absolute Gasteiger partial charge is 0.478 e. The molecule has 1 aliphatic carbocycles. The molecule has 2 rings (SSSR count). The van der Waals surface area contributed by atoms with Crippen molar-refractivity contribution in [2.24, 2.45) is 0 Å². The molecule has 0 heterocycles. The minimum Gasteiger partial charge on any atom is -0.478 e. The first-order valence-electron chi connectivity index (χ1n) is 5.58. The Balaban J connectivity index is 2.48. The number of rotatable bonds is 5. The van der Waals surface area contributed by atoms with Crippen LogP contribution in [0.15, 0.2) is 17.0 Å². The molecule has 0 atom stereocenters. The van der Waals surface area contributed by atoms with Crippen LogP contribution in [0.25, 0.3) is 0 Å². The summed E-state index contributed by atoms with van der Waals surface area (Å²) in [6, 6.07) is 0.937. The Labute approximate surface area is 113 Å². The number of nitrogens with one attached hydrogen (secondary N) is 1. The van der Waals surface area contributed by atoms with Crippen LogP contribution < -0.4 is 4.72 Å². The van der Waals surface area contributed by atoms with E-state index in [4.69, 9.17) is 10.2 Å². The summed E-state index contributed by atoms with van der Waals surface area (Å²) in [7, 11) is -4.47. The van der Waals surface area contributed by atoms with E-state index in [9.17, 15) is 22.0 Å². The van der Waals surface area contributed by atoms with Crippen LogP contribution in [0.4, 0.5) is 8.78 Å². The number of carboxylic acid groups (broad SMARTS) is 1. The molecule has 1 aromatic rings. The fourth-order valence-electron chi connectivity index (χ4n) is 1.67. The highest BCUT2D eigenvalue weighted by atomic mass is 32.2. The molecule has 0 aliphatic heterocycles. The first-order chi connectivity index (χ1) is 9.21. The van der Waals surface area contributed by atoms with Crippen molar-refractivity contribution in [3.05, 3.63) is 29.3 Å². The van der Waals surface area contributed by atoms with Crippen LogP contribution in [-0.4, -0.2) is 36.7 Å². The van der Waals surface area contributed by atoms with Crippen molar-refractivity contribution in [2.75, 3.05) is 6.61 Å². The highest BCUT2D eigenvalue weighted by Gasteiger charge is 2.46. The monoisotopic (exact) mass is 307 g/mol. The summed E-state index contributed by atoms with van der Waals surface area (Å²) >= 11 is 0. The lowest BCUT2D eigenvalue weighted by Gasteiger charge is -2.15. The topological polar surface area (TPSA) is 104 Å². The fraction of sp³-hybridized carbons (Fsp3) is 0.364. The highest BCUT2D eigenvalue weighted by molar-refractivity contribution is 7.89. The van der Waals surface area contributed by atoms with Gasteiger partial charge in [0.05, 0.1) is 17.7 Å². The van der Waals surface area contributed by atoms with Crippen LogP contribution in [0.1, 0.15) is 23.2 Å². The average Bonchev–Trinajstić information content (AvgIpc) is 3.11. The lowest BCUT2D eigenvalue weighted by atomic mass is 10.2. The molecule has 0 amide bonds. The van der Waals surface area contributed by atoms with E-state index in [-0.39, 0.29) is 0 Å². The summed E-state index contributed by atoms with van der Waals surface area (Å²) in [4.78, 5) is 9.66. The van der Waals surface area contributed by atoms with Crippen LogP contribution in [0.5, 0.6) is 0 Å². The number of carboxylic acids is 1. The summed E-state index contributed by atoms with van der Waals surface area (Å²) in [6.07, 6.45) is 0.733. The van der Waals surface area contributed by atoms with Crippen molar-refractivity contribution in [3.8, 4) is 0 Å². The van der Waals surface area contributed by atoms with Gasteiger partial charge < -0.3 is 10.2 Å². The van der Waals surface area contributed by atoms with Gasteiger partial charge in [-0.2, -0.15) is 0 Å². The van der Waals surface area contributed by atoms with Gasteiger partial charge in [0, 0.05) is 0 Å². The van der Waals surface area contributed by atoms with E-state index in [0.717, 1.165) is 0 Å². The van der Waals surface area contributed by atoms with Crippen LogP contribution in [0, 0.1) is 11.6 Å². The zero-order chi connectivity index (χ0) is 15.1. The van der Waals surface area contributed by atoms with Crippen molar-refractivity contribution in [1.82, 2.24) is 4.72 Å². The van der Waals surface area contributed by atoms with Gasteiger partial charge in [0.1, 0.15) is 4.90 Å². The second kappa shape index (κ2) is 4.76. The van der Waals surface area contributed by atoms with Gasteiger partial charge in [-0.15, -0.1) is 0 Å². The second-order valence-corrected chi connectivity index (χ2v) is 6.27. The van der Waals surface area contributed by atoms with Gasteiger partial charge in [-0.05, 0) is 25.0 Å². The van der Waals surface area contributed by atoms with Crippen molar-refractivity contribution in [3.63, 3.8) is 0 Å². The van der Waals surface area contributed by atoms with Crippen molar-refractivity contribution in [2.45, 2.75) is 23.3 Å². The minimum absolute atomic E-state index is 0.367. The number of aromatic carboxylic acids is 1. The molecule has 0 unspecified atom stereocenters. The molecule has 0 bridgehead atoms. The first-order valence-corrected chi connectivity index (χ1v) is 7.06. The molecule has 1 aliphatic rings. The van der Waals surface area contributed by atoms with E-state index in [1.165, 1.54) is 0 Å². The SMILES string of the molecule is O=C(O)c1cc(F)c(F)c(S(=O)(=O)NC2(CO)CC2)c1. The molecule has 3 N–H and O–H groups in total. The van der Waals surface area contributed by atoms with Crippen molar-refractivity contribution >= 4 is 16.0 Å². The Morgan fingerprint density at radius 1 is 1.35 bits per heavy atom. The lowest BCUT2D eigenvalue weighted by molar-refractivity contribution is 0.0696. The molecular formula is C11H11F2NO5S. The number of aliphatic hydroxyl groups excluding tert-OH is 1. The summed E-state index contributed by atoms with van der Waals surface area (Å²) in [5.41, 5.74) is -1.75.